The summed E-state index contributed by atoms with van der Waals surface area (Å²) in [5, 5.41) is 0. The van der Waals surface area contributed by atoms with Crippen molar-refractivity contribution in [3.8, 4) is 0 Å². The van der Waals surface area contributed by atoms with Crippen molar-refractivity contribution in [1.82, 2.24) is 4.90 Å². The van der Waals surface area contributed by atoms with Crippen molar-refractivity contribution in [3.63, 3.8) is 0 Å². The van der Waals surface area contributed by atoms with Crippen molar-refractivity contribution in [2.45, 2.75) is 40.0 Å². The Labute approximate surface area is 114 Å². The van der Waals surface area contributed by atoms with E-state index in [-0.39, 0.29) is 11.7 Å². The second-order valence-electron chi connectivity index (χ2n) is 6.27. The minimum absolute atomic E-state index is 0.0285. The number of aryl methyl sites for hydroxylation is 1. The van der Waals surface area contributed by atoms with Gasteiger partial charge in [-0.2, -0.15) is 0 Å². The van der Waals surface area contributed by atoms with Crippen LogP contribution in [0.5, 0.6) is 0 Å². The summed E-state index contributed by atoms with van der Waals surface area (Å²) >= 11 is 0. The SMILES string of the molecule is Cc1cc(C(=O)N2CCCC(C)(C)CC2)ccc1F. The Bertz CT molecular complexity index is 482. The Hall–Kier alpha value is -1.38. The van der Waals surface area contributed by atoms with Crippen LogP contribution in [0, 0.1) is 18.2 Å². The molecule has 19 heavy (non-hydrogen) atoms. The molecule has 1 fully saturated rings. The van der Waals surface area contributed by atoms with Crippen molar-refractivity contribution in [2.24, 2.45) is 5.41 Å². The van der Waals surface area contributed by atoms with Gasteiger partial charge >= 0.3 is 0 Å². The van der Waals surface area contributed by atoms with Gasteiger partial charge in [0.15, 0.2) is 0 Å². The monoisotopic (exact) mass is 263 g/mol. The van der Waals surface area contributed by atoms with Gasteiger partial charge in [-0.15, -0.1) is 0 Å². The van der Waals surface area contributed by atoms with Crippen molar-refractivity contribution in [1.29, 1.82) is 0 Å². The maximum Gasteiger partial charge on any atom is 0.253 e. The second kappa shape index (κ2) is 5.32. The van der Waals surface area contributed by atoms with E-state index in [0.29, 0.717) is 16.5 Å². The Morgan fingerprint density at radius 2 is 2.00 bits per heavy atom. The lowest BCUT2D eigenvalue weighted by atomic mass is 9.85. The van der Waals surface area contributed by atoms with E-state index in [1.807, 2.05) is 4.90 Å². The molecule has 1 saturated heterocycles. The third kappa shape index (κ3) is 3.34. The van der Waals surface area contributed by atoms with Crippen LogP contribution >= 0.6 is 0 Å². The fourth-order valence-electron chi connectivity index (χ4n) is 2.59. The second-order valence-corrected chi connectivity index (χ2v) is 6.27. The van der Waals surface area contributed by atoms with Crippen molar-refractivity contribution in [2.75, 3.05) is 13.1 Å². The highest BCUT2D eigenvalue weighted by Crippen LogP contribution is 2.30. The van der Waals surface area contributed by atoms with Crippen LogP contribution in [-0.2, 0) is 0 Å². The van der Waals surface area contributed by atoms with Gasteiger partial charge < -0.3 is 4.90 Å². The zero-order chi connectivity index (χ0) is 14.0. The van der Waals surface area contributed by atoms with E-state index < -0.39 is 0 Å². The minimum Gasteiger partial charge on any atom is -0.339 e. The number of benzene rings is 1. The van der Waals surface area contributed by atoms with Crippen LogP contribution < -0.4 is 0 Å². The van der Waals surface area contributed by atoms with Gasteiger partial charge in [0.2, 0.25) is 0 Å². The molecular formula is C16H22FNO. The predicted molar refractivity (Wildman–Crippen MR) is 74.7 cm³/mol. The zero-order valence-corrected chi connectivity index (χ0v) is 12.0. The molecule has 104 valence electrons. The van der Waals surface area contributed by atoms with Crippen LogP contribution in [0.2, 0.25) is 0 Å². The molecule has 0 aromatic heterocycles. The summed E-state index contributed by atoms with van der Waals surface area (Å²) in [6, 6.07) is 4.61. The summed E-state index contributed by atoms with van der Waals surface area (Å²) in [7, 11) is 0. The number of rotatable bonds is 1. The predicted octanol–water partition coefficient (Wildman–Crippen LogP) is 3.79. The third-order valence-corrected chi connectivity index (χ3v) is 4.03. The summed E-state index contributed by atoms with van der Waals surface area (Å²) < 4.78 is 13.2. The van der Waals surface area contributed by atoms with Gasteiger partial charge in [0.05, 0.1) is 0 Å². The lowest BCUT2D eigenvalue weighted by molar-refractivity contribution is 0.0757. The quantitative estimate of drug-likeness (QED) is 0.755. The third-order valence-electron chi connectivity index (χ3n) is 4.03. The normalized spacial score (nSPS) is 19.1. The molecule has 1 aliphatic heterocycles. The van der Waals surface area contributed by atoms with E-state index >= 15 is 0 Å². The topological polar surface area (TPSA) is 20.3 Å². The van der Waals surface area contributed by atoms with E-state index in [0.717, 1.165) is 32.4 Å². The molecule has 0 saturated carbocycles. The van der Waals surface area contributed by atoms with Crippen LogP contribution in [0.3, 0.4) is 0 Å². The molecule has 0 radical (unpaired) electrons. The van der Waals surface area contributed by atoms with Gasteiger partial charge in [-0.05, 0) is 55.4 Å². The van der Waals surface area contributed by atoms with Crippen LogP contribution in [0.1, 0.15) is 49.0 Å². The highest BCUT2D eigenvalue weighted by Gasteiger charge is 2.26. The molecule has 2 nitrogen and oxygen atoms in total. The van der Waals surface area contributed by atoms with E-state index in [1.54, 1.807) is 19.1 Å². The lowest BCUT2D eigenvalue weighted by Crippen LogP contribution is -2.32. The van der Waals surface area contributed by atoms with E-state index in [2.05, 4.69) is 13.8 Å². The summed E-state index contributed by atoms with van der Waals surface area (Å²) in [6.45, 7) is 7.80. The molecule has 0 bridgehead atoms. The summed E-state index contributed by atoms with van der Waals surface area (Å²) in [4.78, 5) is 14.3. The Morgan fingerprint density at radius 3 is 2.68 bits per heavy atom. The molecule has 0 aliphatic carbocycles. The number of hydrogen-bond donors (Lipinski definition) is 0. The van der Waals surface area contributed by atoms with E-state index in [1.165, 1.54) is 6.07 Å². The first-order valence-electron chi connectivity index (χ1n) is 6.94. The summed E-state index contributed by atoms with van der Waals surface area (Å²) in [5.41, 5.74) is 1.44. The van der Waals surface area contributed by atoms with Gasteiger partial charge in [0, 0.05) is 18.7 Å². The van der Waals surface area contributed by atoms with Crippen LogP contribution in [0.25, 0.3) is 0 Å². The van der Waals surface area contributed by atoms with Gasteiger partial charge in [-0.1, -0.05) is 13.8 Å². The van der Waals surface area contributed by atoms with Gasteiger partial charge in [-0.3, -0.25) is 4.79 Å². The number of halogens is 1. The maximum absolute atomic E-state index is 13.2. The number of carbonyl (C=O) groups is 1. The van der Waals surface area contributed by atoms with Gasteiger partial charge in [0.25, 0.3) is 5.91 Å². The fraction of sp³-hybridized carbons (Fsp3) is 0.562. The molecule has 0 spiro atoms. The molecule has 3 heteroatoms. The Balaban J connectivity index is 2.13. The van der Waals surface area contributed by atoms with Crippen molar-refractivity contribution in [3.05, 3.63) is 35.1 Å². The van der Waals surface area contributed by atoms with E-state index in [4.69, 9.17) is 0 Å². The first-order chi connectivity index (χ1) is 8.89. The highest BCUT2D eigenvalue weighted by molar-refractivity contribution is 5.94. The summed E-state index contributed by atoms with van der Waals surface area (Å²) in [5.74, 6) is -0.227. The molecule has 2 rings (SSSR count). The number of amides is 1. The molecule has 0 atom stereocenters. The molecule has 0 N–H and O–H groups in total. The first-order valence-corrected chi connectivity index (χ1v) is 6.94. The van der Waals surface area contributed by atoms with Crippen molar-refractivity contribution < 1.29 is 9.18 Å². The molecule has 1 heterocycles. The van der Waals surface area contributed by atoms with Gasteiger partial charge in [0.1, 0.15) is 5.82 Å². The smallest absolute Gasteiger partial charge is 0.253 e. The lowest BCUT2D eigenvalue weighted by Gasteiger charge is -2.23. The van der Waals surface area contributed by atoms with Crippen LogP contribution in [0.4, 0.5) is 4.39 Å². The van der Waals surface area contributed by atoms with Crippen LogP contribution in [-0.4, -0.2) is 23.9 Å². The van der Waals surface area contributed by atoms with Gasteiger partial charge in [-0.25, -0.2) is 4.39 Å². The van der Waals surface area contributed by atoms with E-state index in [9.17, 15) is 9.18 Å². The Kier molecular flexibility index (Phi) is 3.93. The molecular weight excluding hydrogens is 241 g/mol. The Morgan fingerprint density at radius 1 is 1.26 bits per heavy atom. The maximum atomic E-state index is 13.2. The zero-order valence-electron chi connectivity index (χ0n) is 12.0. The van der Waals surface area contributed by atoms with Crippen LogP contribution in [0.15, 0.2) is 18.2 Å². The standard InChI is InChI=1S/C16H22FNO/c1-12-11-13(5-6-14(12)17)15(19)18-9-4-7-16(2,3)8-10-18/h5-6,11H,4,7-10H2,1-3H3. The number of hydrogen-bond acceptors (Lipinski definition) is 1. The molecule has 1 aromatic rings. The molecule has 0 unspecified atom stereocenters. The summed E-state index contributed by atoms with van der Waals surface area (Å²) in [6.07, 6.45) is 3.22. The number of carbonyl (C=O) groups excluding carboxylic acids is 1. The number of nitrogens with zero attached hydrogens (tertiary/aromatic N) is 1. The average Bonchev–Trinajstić information content (AvgIpc) is 2.53. The largest absolute Gasteiger partial charge is 0.339 e. The van der Waals surface area contributed by atoms with Crippen molar-refractivity contribution >= 4 is 5.91 Å². The molecule has 1 amide bonds. The fourth-order valence-corrected chi connectivity index (χ4v) is 2.59. The number of likely N-dealkylation sites (tertiary alicyclic amines) is 1. The molecule has 1 aromatic carbocycles. The first kappa shape index (κ1) is 14.0. The highest BCUT2D eigenvalue weighted by atomic mass is 19.1. The minimum atomic E-state index is -0.256. The molecule has 1 aliphatic rings. The average molecular weight is 263 g/mol.